The fourth-order valence-corrected chi connectivity index (χ4v) is 5.27. The van der Waals surface area contributed by atoms with E-state index in [2.05, 4.69) is 14.0 Å². The number of carbonyl (C=O) groups is 2. The molecule has 0 spiro atoms. The zero-order chi connectivity index (χ0) is 31.7. The van der Waals surface area contributed by atoms with Gasteiger partial charge in [-0.1, -0.05) is 0 Å². The summed E-state index contributed by atoms with van der Waals surface area (Å²) >= 11 is 0. The van der Waals surface area contributed by atoms with Crippen LogP contribution in [0.1, 0.15) is 13.2 Å². The number of phosphoric acid groups is 1. The van der Waals surface area contributed by atoms with Gasteiger partial charge in [-0.2, -0.15) is 4.98 Å². The first-order valence-corrected chi connectivity index (χ1v) is 13.5. The summed E-state index contributed by atoms with van der Waals surface area (Å²) in [5, 5.41) is 72.2. The lowest BCUT2D eigenvalue weighted by molar-refractivity contribution is -0.314. The molecular weight excluding hydrogens is 602 g/mol. The number of carbonyl (C=O) groups excluding carboxylic acids is 1. The number of halogens is 1. The van der Waals surface area contributed by atoms with Gasteiger partial charge in [0.25, 0.3) is 0 Å². The maximum absolute atomic E-state index is 15.4. The van der Waals surface area contributed by atoms with Crippen molar-refractivity contribution in [3.8, 4) is 0 Å². The SMILES string of the molecule is CC(=O)N[C@@H]1[C@@H](O)[C@@H](F)[C@@](OP(=O)(O)OC[C@H]2O[C@@H](n3ccc(N)nc3=O)[C@H](O)[C@@H]2O)(C(=O)O)O[C@H]1[C@H](O)[C@H](O)CO. The molecule has 0 aromatic carbocycles. The summed E-state index contributed by atoms with van der Waals surface area (Å²) in [5.41, 5.74) is 4.40. The van der Waals surface area contributed by atoms with E-state index in [9.17, 15) is 54.5 Å². The number of rotatable bonds is 11. The van der Waals surface area contributed by atoms with Crippen molar-refractivity contribution in [3.05, 3.63) is 22.7 Å². The highest BCUT2D eigenvalue weighted by molar-refractivity contribution is 7.47. The minimum absolute atomic E-state index is 0.167. The van der Waals surface area contributed by atoms with E-state index < -0.39 is 106 Å². The highest BCUT2D eigenvalue weighted by atomic mass is 31.2. The second-order valence-corrected chi connectivity index (χ2v) is 10.7. The van der Waals surface area contributed by atoms with Crippen LogP contribution < -0.4 is 16.7 Å². The number of aliphatic carboxylic acids is 1. The van der Waals surface area contributed by atoms with Crippen LogP contribution in [0.25, 0.3) is 0 Å². The lowest BCUT2D eigenvalue weighted by Gasteiger charge is -2.48. The second-order valence-electron chi connectivity index (χ2n) is 9.36. The largest absolute Gasteiger partial charge is 0.477 e. The number of aromatic nitrogens is 2. The molecule has 11 N–H and O–H groups in total. The number of nitrogens with two attached hydrogens (primary N) is 1. The second kappa shape index (κ2) is 12.9. The van der Waals surface area contributed by atoms with Crippen LogP contribution in [-0.2, 0) is 32.7 Å². The first-order valence-electron chi connectivity index (χ1n) is 12.0. The molecule has 1 aromatic rings. The number of nitrogens with one attached hydrogen (secondary N) is 1. The fourth-order valence-electron chi connectivity index (χ4n) is 4.31. The summed E-state index contributed by atoms with van der Waals surface area (Å²) < 4.78 is 48.4. The van der Waals surface area contributed by atoms with Crippen molar-refractivity contribution in [3.63, 3.8) is 0 Å². The third-order valence-electron chi connectivity index (χ3n) is 6.40. The number of anilines is 1. The Kier molecular flexibility index (Phi) is 10.4. The van der Waals surface area contributed by atoms with Crippen molar-refractivity contribution in [1.29, 1.82) is 0 Å². The van der Waals surface area contributed by atoms with Gasteiger partial charge in [0.05, 0.1) is 19.3 Å². The first kappa shape index (κ1) is 33.8. The normalized spacial score (nSPS) is 36.1. The number of hydrogen-bond acceptors (Lipinski definition) is 16. The maximum Gasteiger partial charge on any atom is 0.475 e. The van der Waals surface area contributed by atoms with E-state index in [0.717, 1.165) is 17.7 Å². The molecule has 12 atom stereocenters. The Morgan fingerprint density at radius 1 is 1.29 bits per heavy atom. The van der Waals surface area contributed by atoms with Crippen LogP contribution in [-0.4, -0.2) is 136 Å². The monoisotopic (exact) mass is 632 g/mol. The number of aliphatic hydroxyl groups excluding tert-OH is 6. The van der Waals surface area contributed by atoms with Crippen LogP contribution >= 0.6 is 7.82 Å². The summed E-state index contributed by atoms with van der Waals surface area (Å²) in [6, 6.07) is -0.795. The number of hydrogen-bond donors (Lipinski definition) is 10. The smallest absolute Gasteiger partial charge is 0.475 e. The van der Waals surface area contributed by atoms with Gasteiger partial charge in [0.15, 0.2) is 12.4 Å². The number of carboxylic acids is 1. The first-order chi connectivity index (χ1) is 19.5. The van der Waals surface area contributed by atoms with Gasteiger partial charge in [-0.25, -0.2) is 23.1 Å². The Hall–Kier alpha value is -2.66. The molecule has 238 valence electrons. The average molecular weight is 632 g/mol. The molecule has 2 aliphatic heterocycles. The van der Waals surface area contributed by atoms with Gasteiger partial charge in [0.1, 0.15) is 48.5 Å². The van der Waals surface area contributed by atoms with E-state index in [4.69, 9.17) is 20.3 Å². The molecule has 2 fully saturated rings. The van der Waals surface area contributed by atoms with Gasteiger partial charge in [0, 0.05) is 13.1 Å². The lowest BCUT2D eigenvalue weighted by Crippen LogP contribution is -2.73. The van der Waals surface area contributed by atoms with Crippen LogP contribution in [0, 0.1) is 0 Å². The number of amides is 1. The Balaban J connectivity index is 1.83. The van der Waals surface area contributed by atoms with Gasteiger partial charge in [-0.3, -0.25) is 13.9 Å². The third kappa shape index (κ3) is 6.77. The summed E-state index contributed by atoms with van der Waals surface area (Å²) in [5.74, 6) is -7.48. The zero-order valence-corrected chi connectivity index (χ0v) is 22.4. The molecule has 0 saturated carbocycles. The Labute approximate surface area is 234 Å². The molecule has 42 heavy (non-hydrogen) atoms. The molecule has 2 aliphatic rings. The molecule has 22 heteroatoms. The molecular formula is C20H30FN4O16P. The minimum Gasteiger partial charge on any atom is -0.477 e. The quantitative estimate of drug-likeness (QED) is 0.102. The van der Waals surface area contributed by atoms with Crippen LogP contribution in [0.2, 0.25) is 0 Å². The van der Waals surface area contributed by atoms with Crippen LogP contribution in [0.5, 0.6) is 0 Å². The third-order valence-corrected chi connectivity index (χ3v) is 7.37. The van der Waals surface area contributed by atoms with Crippen LogP contribution in [0.15, 0.2) is 17.1 Å². The number of phosphoric ester groups is 1. The van der Waals surface area contributed by atoms with Crippen molar-refractivity contribution < 1.29 is 77.7 Å². The number of alkyl halides is 1. The molecule has 1 unspecified atom stereocenters. The lowest BCUT2D eigenvalue weighted by atomic mass is 9.87. The number of aliphatic hydroxyl groups is 6. The van der Waals surface area contributed by atoms with Crippen molar-refractivity contribution in [1.82, 2.24) is 14.9 Å². The highest BCUT2D eigenvalue weighted by Gasteiger charge is 2.65. The average Bonchev–Trinajstić information content (AvgIpc) is 3.19. The number of nitrogens with zero attached hydrogens (tertiary/aromatic N) is 2. The Bertz CT molecular complexity index is 1260. The standard InChI is InChI=1S/C20H30FN4O16P/c1-6(27)23-10-13(31)16(21)20(18(33)34,40-15(10)11(29)7(28)4-26)41-42(36,37)38-5-8-12(30)14(32)17(39-8)25-3-2-9(22)24-19(25)35/h2-3,7-8,10-17,26,28-32H,4-5H2,1H3,(H,23,27)(H,33,34)(H,36,37)(H2,22,24,35)/t7-,8-,10-,11-,12-,13-,14-,15-,16-,17-,20-/m1/s1. The van der Waals surface area contributed by atoms with Crippen molar-refractivity contribution in [2.45, 2.75) is 73.9 Å². The predicted molar refractivity (Wildman–Crippen MR) is 129 cm³/mol. The number of carboxylic acid groups (broad SMARTS) is 1. The van der Waals surface area contributed by atoms with E-state index in [1.807, 2.05) is 5.32 Å². The number of ether oxygens (including phenoxy) is 2. The predicted octanol–water partition coefficient (Wildman–Crippen LogP) is -5.32. The zero-order valence-electron chi connectivity index (χ0n) is 21.5. The van der Waals surface area contributed by atoms with Crippen molar-refractivity contribution in [2.24, 2.45) is 0 Å². The van der Waals surface area contributed by atoms with Crippen molar-refractivity contribution >= 4 is 25.5 Å². The maximum atomic E-state index is 15.4. The Morgan fingerprint density at radius 2 is 1.93 bits per heavy atom. The molecule has 20 nitrogen and oxygen atoms in total. The van der Waals surface area contributed by atoms with Crippen molar-refractivity contribution in [2.75, 3.05) is 18.9 Å². The fraction of sp³-hybridized carbons (Fsp3) is 0.700. The molecule has 0 aliphatic carbocycles. The minimum atomic E-state index is -5.79. The molecule has 1 amide bonds. The van der Waals surface area contributed by atoms with Gasteiger partial charge in [0.2, 0.25) is 5.91 Å². The molecule has 3 heterocycles. The van der Waals surface area contributed by atoms with Crippen LogP contribution in [0.4, 0.5) is 10.2 Å². The van der Waals surface area contributed by atoms with E-state index in [1.54, 1.807) is 0 Å². The van der Waals surface area contributed by atoms with Crippen LogP contribution in [0.3, 0.4) is 0 Å². The Morgan fingerprint density at radius 3 is 2.48 bits per heavy atom. The van der Waals surface area contributed by atoms with Gasteiger partial charge >= 0.3 is 25.3 Å². The summed E-state index contributed by atoms with van der Waals surface area (Å²) in [7, 11) is -5.79. The molecule has 0 radical (unpaired) electrons. The summed E-state index contributed by atoms with van der Waals surface area (Å²) in [6.45, 7) is -1.39. The molecule has 3 rings (SSSR count). The number of nitrogen functional groups attached to an aromatic ring is 1. The molecule has 0 bridgehead atoms. The summed E-state index contributed by atoms with van der Waals surface area (Å²) in [4.78, 5) is 49.5. The van der Waals surface area contributed by atoms with Gasteiger partial charge in [-0.15, -0.1) is 0 Å². The van der Waals surface area contributed by atoms with E-state index in [0.29, 0.717) is 0 Å². The van der Waals surface area contributed by atoms with E-state index in [-0.39, 0.29) is 5.82 Å². The molecule has 1 aromatic heterocycles. The highest BCUT2D eigenvalue weighted by Crippen LogP contribution is 2.52. The topological polar surface area (TPSA) is 323 Å². The summed E-state index contributed by atoms with van der Waals surface area (Å²) in [6.07, 6.45) is -18.4. The van der Waals surface area contributed by atoms with E-state index >= 15 is 4.39 Å². The van der Waals surface area contributed by atoms with E-state index in [1.165, 1.54) is 6.07 Å². The van der Waals surface area contributed by atoms with Gasteiger partial charge in [-0.05, 0) is 6.07 Å². The molecule has 2 saturated heterocycles. The van der Waals surface area contributed by atoms with Gasteiger partial charge < -0.3 is 61.2 Å².